The van der Waals surface area contributed by atoms with Gasteiger partial charge in [0.1, 0.15) is 6.61 Å². The molecule has 0 bridgehead atoms. The third-order valence-electron chi connectivity index (χ3n) is 2.88. The second-order valence-corrected chi connectivity index (χ2v) is 4.44. The molecule has 4 nitrogen and oxygen atoms in total. The molecule has 0 unspecified atom stereocenters. The van der Waals surface area contributed by atoms with Crippen LogP contribution in [0.4, 0.5) is 13.2 Å². The number of aromatic carboxylic acids is 1. The van der Waals surface area contributed by atoms with E-state index in [1.807, 2.05) is 0 Å². The van der Waals surface area contributed by atoms with Gasteiger partial charge in [-0.15, -0.1) is 0 Å². The highest BCUT2D eigenvalue weighted by atomic mass is 19.4. The van der Waals surface area contributed by atoms with Crippen LogP contribution in [0.1, 0.15) is 21.5 Å². The zero-order chi connectivity index (χ0) is 16.3. The first-order chi connectivity index (χ1) is 10.3. The van der Waals surface area contributed by atoms with E-state index in [0.29, 0.717) is 0 Å². The molecule has 0 amide bonds. The van der Waals surface area contributed by atoms with Crippen molar-refractivity contribution in [3.8, 4) is 11.5 Å². The van der Waals surface area contributed by atoms with Crippen molar-refractivity contribution in [2.75, 3.05) is 0 Å². The Bertz CT molecular complexity index is 695. The maximum absolute atomic E-state index is 12.9. The lowest BCUT2D eigenvalue weighted by Gasteiger charge is -2.13. The smallest absolute Gasteiger partial charge is 0.417 e. The van der Waals surface area contributed by atoms with Crippen LogP contribution >= 0.6 is 0 Å². The Labute approximate surface area is 123 Å². The van der Waals surface area contributed by atoms with Gasteiger partial charge in [0.05, 0.1) is 11.1 Å². The average Bonchev–Trinajstić information content (AvgIpc) is 2.45. The van der Waals surface area contributed by atoms with Crippen LogP contribution in [0.25, 0.3) is 0 Å². The number of hydrogen-bond donors (Lipinski definition) is 2. The predicted octanol–water partition coefficient (Wildman–Crippen LogP) is 3.69. The van der Waals surface area contributed by atoms with E-state index in [-0.39, 0.29) is 23.7 Å². The number of carbonyl (C=O) groups is 1. The van der Waals surface area contributed by atoms with Crippen molar-refractivity contribution >= 4 is 5.97 Å². The maximum Gasteiger partial charge on any atom is 0.417 e. The van der Waals surface area contributed by atoms with Gasteiger partial charge in [-0.05, 0) is 29.8 Å². The van der Waals surface area contributed by atoms with Gasteiger partial charge in [-0.25, -0.2) is 4.79 Å². The van der Waals surface area contributed by atoms with Crippen LogP contribution < -0.4 is 4.74 Å². The van der Waals surface area contributed by atoms with E-state index in [1.165, 1.54) is 18.2 Å². The van der Waals surface area contributed by atoms with Crippen LogP contribution in [-0.4, -0.2) is 16.2 Å². The van der Waals surface area contributed by atoms with Crippen LogP contribution in [-0.2, 0) is 12.8 Å². The third kappa shape index (κ3) is 3.49. The van der Waals surface area contributed by atoms with Gasteiger partial charge >= 0.3 is 12.1 Å². The topological polar surface area (TPSA) is 66.8 Å². The monoisotopic (exact) mass is 312 g/mol. The molecule has 0 atom stereocenters. The number of halogens is 3. The largest absolute Gasteiger partial charge is 0.504 e. The summed E-state index contributed by atoms with van der Waals surface area (Å²) in [6.07, 6.45) is -4.78. The van der Waals surface area contributed by atoms with Crippen molar-refractivity contribution in [2.45, 2.75) is 12.8 Å². The van der Waals surface area contributed by atoms with Gasteiger partial charge in [-0.2, -0.15) is 13.2 Å². The van der Waals surface area contributed by atoms with Gasteiger partial charge in [0.25, 0.3) is 0 Å². The fourth-order valence-corrected chi connectivity index (χ4v) is 1.84. The number of phenols is 1. The van der Waals surface area contributed by atoms with Crippen LogP contribution in [0.2, 0.25) is 0 Å². The van der Waals surface area contributed by atoms with Gasteiger partial charge in [0.15, 0.2) is 11.5 Å². The summed E-state index contributed by atoms with van der Waals surface area (Å²) in [6, 6.07) is 8.86. The number of rotatable bonds is 4. The molecule has 0 radical (unpaired) electrons. The highest BCUT2D eigenvalue weighted by Gasteiger charge is 2.35. The minimum absolute atomic E-state index is 0.123. The summed E-state index contributed by atoms with van der Waals surface area (Å²) >= 11 is 0. The minimum atomic E-state index is -4.78. The number of ether oxygens (including phenoxy) is 1. The second kappa shape index (κ2) is 5.97. The molecule has 0 saturated carbocycles. The number of carboxylic acids is 1. The zero-order valence-electron chi connectivity index (χ0n) is 11.1. The van der Waals surface area contributed by atoms with Crippen molar-refractivity contribution in [3.05, 3.63) is 59.2 Å². The van der Waals surface area contributed by atoms with Crippen molar-refractivity contribution in [3.63, 3.8) is 0 Å². The molecule has 0 aliphatic heterocycles. The average molecular weight is 312 g/mol. The molecule has 2 N–H and O–H groups in total. The van der Waals surface area contributed by atoms with E-state index < -0.39 is 23.3 Å². The summed E-state index contributed by atoms with van der Waals surface area (Å²) in [6.45, 7) is -0.236. The Balaban J connectivity index is 2.26. The van der Waals surface area contributed by atoms with Crippen LogP contribution in [0.3, 0.4) is 0 Å². The summed E-state index contributed by atoms with van der Waals surface area (Å²) in [5.41, 5.74) is -1.92. The molecule has 0 fully saturated rings. The van der Waals surface area contributed by atoms with E-state index in [1.54, 1.807) is 12.1 Å². The Morgan fingerprint density at radius 3 is 2.41 bits per heavy atom. The number of hydrogen-bond acceptors (Lipinski definition) is 3. The molecule has 0 aliphatic rings. The van der Waals surface area contributed by atoms with Crippen molar-refractivity contribution < 1.29 is 32.9 Å². The first-order valence-electron chi connectivity index (χ1n) is 6.13. The highest BCUT2D eigenvalue weighted by Crippen LogP contribution is 2.33. The Hall–Kier alpha value is -2.70. The minimum Gasteiger partial charge on any atom is -0.504 e. The number of para-hydroxylation sites is 2. The fourth-order valence-electron chi connectivity index (χ4n) is 1.84. The highest BCUT2D eigenvalue weighted by molar-refractivity contribution is 5.89. The van der Waals surface area contributed by atoms with Crippen molar-refractivity contribution in [1.82, 2.24) is 0 Å². The molecule has 116 valence electrons. The molecular formula is C15H11F3O4. The molecule has 0 saturated heterocycles. The van der Waals surface area contributed by atoms with E-state index >= 15 is 0 Å². The van der Waals surface area contributed by atoms with Gasteiger partial charge < -0.3 is 14.9 Å². The molecule has 2 rings (SSSR count). The Morgan fingerprint density at radius 1 is 1.14 bits per heavy atom. The normalized spacial score (nSPS) is 11.2. The number of alkyl halides is 3. The maximum atomic E-state index is 12.9. The summed E-state index contributed by atoms with van der Waals surface area (Å²) in [7, 11) is 0. The van der Waals surface area contributed by atoms with E-state index in [2.05, 4.69) is 0 Å². The first kappa shape index (κ1) is 15.7. The molecule has 0 spiro atoms. The summed E-state index contributed by atoms with van der Waals surface area (Å²) < 4.78 is 43.8. The molecule has 0 aromatic heterocycles. The Morgan fingerprint density at radius 2 is 1.82 bits per heavy atom. The molecule has 2 aromatic rings. The van der Waals surface area contributed by atoms with Gasteiger partial charge in [0.2, 0.25) is 0 Å². The molecule has 7 heteroatoms. The summed E-state index contributed by atoms with van der Waals surface area (Å²) in [5, 5.41) is 18.3. The number of benzene rings is 2. The predicted molar refractivity (Wildman–Crippen MR) is 70.8 cm³/mol. The van der Waals surface area contributed by atoms with Crippen LogP contribution in [0.15, 0.2) is 42.5 Å². The second-order valence-electron chi connectivity index (χ2n) is 4.44. The summed E-state index contributed by atoms with van der Waals surface area (Å²) in [4.78, 5) is 10.8. The van der Waals surface area contributed by atoms with Gasteiger partial charge in [0, 0.05) is 0 Å². The van der Waals surface area contributed by atoms with E-state index in [9.17, 15) is 23.1 Å². The zero-order valence-corrected chi connectivity index (χ0v) is 11.1. The lowest BCUT2D eigenvalue weighted by molar-refractivity contribution is -0.138. The SMILES string of the molecule is O=C(O)c1ccc(COc2ccccc2O)cc1C(F)(F)F. The number of phenolic OH excluding ortho intramolecular Hbond substituents is 1. The van der Waals surface area contributed by atoms with Crippen molar-refractivity contribution in [1.29, 1.82) is 0 Å². The lowest BCUT2D eigenvalue weighted by atomic mass is 10.0. The fraction of sp³-hybridized carbons (Fsp3) is 0.133. The quantitative estimate of drug-likeness (QED) is 0.903. The van der Waals surface area contributed by atoms with Crippen molar-refractivity contribution in [2.24, 2.45) is 0 Å². The van der Waals surface area contributed by atoms with Gasteiger partial charge in [-0.3, -0.25) is 0 Å². The molecule has 0 aliphatic carbocycles. The lowest BCUT2D eigenvalue weighted by Crippen LogP contribution is -2.13. The van der Waals surface area contributed by atoms with Crippen LogP contribution in [0, 0.1) is 0 Å². The standard InChI is InChI=1S/C15H11F3O4/c16-15(17,18)11-7-9(5-6-10(11)14(20)21)8-22-13-4-2-1-3-12(13)19/h1-7,19H,8H2,(H,20,21). The van der Waals surface area contributed by atoms with E-state index in [4.69, 9.17) is 9.84 Å². The summed E-state index contributed by atoms with van der Waals surface area (Å²) in [5.74, 6) is -1.67. The number of aromatic hydroxyl groups is 1. The molecule has 0 heterocycles. The molecular weight excluding hydrogens is 301 g/mol. The van der Waals surface area contributed by atoms with E-state index in [0.717, 1.165) is 12.1 Å². The third-order valence-corrected chi connectivity index (χ3v) is 2.88. The molecule has 2 aromatic carbocycles. The van der Waals surface area contributed by atoms with Crippen LogP contribution in [0.5, 0.6) is 11.5 Å². The first-order valence-corrected chi connectivity index (χ1v) is 6.13. The number of carboxylic acid groups (broad SMARTS) is 1. The molecule has 22 heavy (non-hydrogen) atoms. The Kier molecular flexibility index (Phi) is 4.25. The van der Waals surface area contributed by atoms with Gasteiger partial charge in [-0.1, -0.05) is 18.2 Å².